The van der Waals surface area contributed by atoms with Crippen LogP contribution in [0.4, 0.5) is 0 Å². The third kappa shape index (κ3) is 1.26. The molecule has 0 unspecified atom stereocenters. The molecule has 0 spiro atoms. The fourth-order valence-corrected chi connectivity index (χ4v) is 0.937. The van der Waals surface area contributed by atoms with E-state index in [4.69, 9.17) is 5.90 Å². The first kappa shape index (κ1) is 5.68. The van der Waals surface area contributed by atoms with E-state index in [1.807, 2.05) is 5.38 Å². The summed E-state index contributed by atoms with van der Waals surface area (Å²) in [5, 5.41) is 1.90. The molecule has 1 aromatic rings. The van der Waals surface area contributed by atoms with E-state index in [9.17, 15) is 0 Å². The Bertz CT molecular complexity index is 140. The molecule has 0 amide bonds. The van der Waals surface area contributed by atoms with Gasteiger partial charge in [-0.2, -0.15) is 0 Å². The summed E-state index contributed by atoms with van der Waals surface area (Å²) < 4.78 is 0. The van der Waals surface area contributed by atoms with E-state index in [-0.39, 0.29) is 0 Å². The van der Waals surface area contributed by atoms with Gasteiger partial charge in [0.1, 0.15) is 6.61 Å². The van der Waals surface area contributed by atoms with E-state index in [1.54, 1.807) is 5.51 Å². The van der Waals surface area contributed by atoms with Gasteiger partial charge in [0.2, 0.25) is 0 Å². The summed E-state index contributed by atoms with van der Waals surface area (Å²) in [6.07, 6.45) is 0. The lowest BCUT2D eigenvalue weighted by atomic mass is 10.5. The Morgan fingerprint density at radius 1 is 1.88 bits per heavy atom. The monoisotopic (exact) mass is 130 g/mol. The second kappa shape index (κ2) is 2.76. The minimum absolute atomic E-state index is 0.406. The second-order valence-corrected chi connectivity index (χ2v) is 2.01. The number of hydrogen-bond acceptors (Lipinski definition) is 4. The van der Waals surface area contributed by atoms with Crippen molar-refractivity contribution in [3.63, 3.8) is 0 Å². The van der Waals surface area contributed by atoms with E-state index >= 15 is 0 Å². The highest BCUT2D eigenvalue weighted by Gasteiger charge is 1.89. The highest BCUT2D eigenvalue weighted by molar-refractivity contribution is 7.07. The molecule has 1 rings (SSSR count). The van der Waals surface area contributed by atoms with Gasteiger partial charge in [0, 0.05) is 5.38 Å². The minimum atomic E-state index is 0.406. The van der Waals surface area contributed by atoms with Gasteiger partial charge in [0.15, 0.2) is 0 Å². The standard InChI is InChI=1S/C4H6N2OS/c5-7-1-4-2-8-3-6-4/h2-3H,1,5H2. The lowest BCUT2D eigenvalue weighted by Crippen LogP contribution is -1.98. The van der Waals surface area contributed by atoms with Gasteiger partial charge in [-0.15, -0.1) is 11.3 Å². The summed E-state index contributed by atoms with van der Waals surface area (Å²) in [5.41, 5.74) is 2.63. The van der Waals surface area contributed by atoms with Crippen LogP contribution in [-0.4, -0.2) is 4.98 Å². The van der Waals surface area contributed by atoms with Crippen LogP contribution in [0.25, 0.3) is 0 Å². The normalized spacial score (nSPS) is 9.62. The Balaban J connectivity index is 2.50. The lowest BCUT2D eigenvalue weighted by molar-refractivity contribution is 0.122. The number of nitrogens with two attached hydrogens (primary N) is 1. The van der Waals surface area contributed by atoms with Crippen molar-refractivity contribution in [2.45, 2.75) is 6.61 Å². The highest BCUT2D eigenvalue weighted by Crippen LogP contribution is 1.99. The molecule has 0 aliphatic heterocycles. The van der Waals surface area contributed by atoms with Crippen LogP contribution in [-0.2, 0) is 11.4 Å². The molecule has 1 heterocycles. The lowest BCUT2D eigenvalue weighted by Gasteiger charge is -1.87. The molecule has 0 saturated heterocycles. The fraction of sp³-hybridized carbons (Fsp3) is 0.250. The smallest absolute Gasteiger partial charge is 0.111 e. The van der Waals surface area contributed by atoms with Crippen molar-refractivity contribution in [2.75, 3.05) is 0 Å². The van der Waals surface area contributed by atoms with Crippen LogP contribution in [0.15, 0.2) is 10.9 Å². The van der Waals surface area contributed by atoms with E-state index in [2.05, 4.69) is 9.82 Å². The van der Waals surface area contributed by atoms with Crippen LogP contribution in [0.5, 0.6) is 0 Å². The third-order valence-corrected chi connectivity index (χ3v) is 1.35. The highest BCUT2D eigenvalue weighted by atomic mass is 32.1. The predicted molar refractivity (Wildman–Crippen MR) is 31.1 cm³/mol. The van der Waals surface area contributed by atoms with Crippen LogP contribution in [0.1, 0.15) is 5.69 Å². The van der Waals surface area contributed by atoms with Gasteiger partial charge in [-0.25, -0.2) is 10.9 Å². The quantitative estimate of drug-likeness (QED) is 0.594. The number of aromatic nitrogens is 1. The van der Waals surface area contributed by atoms with E-state index in [0.29, 0.717) is 6.61 Å². The van der Waals surface area contributed by atoms with Crippen LogP contribution in [0, 0.1) is 0 Å². The van der Waals surface area contributed by atoms with Gasteiger partial charge in [-0.1, -0.05) is 0 Å². The predicted octanol–water partition coefficient (Wildman–Crippen LogP) is 0.533. The number of thiazole rings is 1. The van der Waals surface area contributed by atoms with Gasteiger partial charge in [-0.3, -0.25) is 4.84 Å². The number of rotatable bonds is 2. The van der Waals surface area contributed by atoms with Gasteiger partial charge < -0.3 is 0 Å². The van der Waals surface area contributed by atoms with Crippen molar-refractivity contribution >= 4 is 11.3 Å². The average Bonchev–Trinajstić information content (AvgIpc) is 2.19. The van der Waals surface area contributed by atoms with Crippen molar-refractivity contribution in [1.29, 1.82) is 0 Å². The maximum Gasteiger partial charge on any atom is 0.111 e. The molecule has 44 valence electrons. The maximum absolute atomic E-state index is 4.78. The molecule has 0 saturated carbocycles. The maximum atomic E-state index is 4.78. The summed E-state index contributed by atoms with van der Waals surface area (Å²) in [5.74, 6) is 4.78. The molecular formula is C4H6N2OS. The molecule has 0 atom stereocenters. The molecular weight excluding hydrogens is 124 g/mol. The van der Waals surface area contributed by atoms with Gasteiger partial charge in [-0.05, 0) is 0 Å². The topological polar surface area (TPSA) is 48.1 Å². The third-order valence-electron chi connectivity index (χ3n) is 0.715. The molecule has 1 aromatic heterocycles. The Kier molecular flexibility index (Phi) is 1.96. The zero-order chi connectivity index (χ0) is 5.82. The van der Waals surface area contributed by atoms with E-state index in [0.717, 1.165) is 5.69 Å². The average molecular weight is 130 g/mol. The molecule has 3 nitrogen and oxygen atoms in total. The van der Waals surface area contributed by atoms with Crippen molar-refractivity contribution in [3.8, 4) is 0 Å². The Morgan fingerprint density at radius 3 is 3.25 bits per heavy atom. The van der Waals surface area contributed by atoms with Crippen molar-refractivity contribution < 1.29 is 4.84 Å². The Morgan fingerprint density at radius 2 is 2.75 bits per heavy atom. The molecule has 0 radical (unpaired) electrons. The van der Waals surface area contributed by atoms with E-state index in [1.165, 1.54) is 11.3 Å². The zero-order valence-corrected chi connectivity index (χ0v) is 5.02. The minimum Gasteiger partial charge on any atom is -0.298 e. The first-order chi connectivity index (χ1) is 3.93. The largest absolute Gasteiger partial charge is 0.298 e. The van der Waals surface area contributed by atoms with Crippen LogP contribution < -0.4 is 5.90 Å². The molecule has 4 heteroatoms. The summed E-state index contributed by atoms with van der Waals surface area (Å²) in [6, 6.07) is 0. The molecule has 0 aliphatic carbocycles. The SMILES string of the molecule is NOCc1cscn1. The molecule has 0 bridgehead atoms. The van der Waals surface area contributed by atoms with Gasteiger partial charge in [0.05, 0.1) is 11.2 Å². The van der Waals surface area contributed by atoms with Gasteiger partial charge in [0.25, 0.3) is 0 Å². The van der Waals surface area contributed by atoms with Gasteiger partial charge >= 0.3 is 0 Å². The zero-order valence-electron chi connectivity index (χ0n) is 4.20. The summed E-state index contributed by atoms with van der Waals surface area (Å²) in [4.78, 5) is 8.25. The molecule has 0 aliphatic rings. The Hall–Kier alpha value is -0.450. The molecule has 8 heavy (non-hydrogen) atoms. The van der Waals surface area contributed by atoms with E-state index < -0.39 is 0 Å². The van der Waals surface area contributed by atoms with Crippen LogP contribution in [0.2, 0.25) is 0 Å². The Labute approximate surface area is 51.1 Å². The molecule has 0 aromatic carbocycles. The number of nitrogens with zero attached hydrogens (tertiary/aromatic N) is 1. The molecule has 2 N–H and O–H groups in total. The summed E-state index contributed by atoms with van der Waals surface area (Å²) in [6.45, 7) is 0.406. The van der Waals surface area contributed by atoms with Crippen molar-refractivity contribution in [2.24, 2.45) is 5.90 Å². The second-order valence-electron chi connectivity index (χ2n) is 1.29. The van der Waals surface area contributed by atoms with Crippen molar-refractivity contribution in [3.05, 3.63) is 16.6 Å². The van der Waals surface area contributed by atoms with Crippen molar-refractivity contribution in [1.82, 2.24) is 4.98 Å². The number of hydrogen-bond donors (Lipinski definition) is 1. The summed E-state index contributed by atoms with van der Waals surface area (Å²) in [7, 11) is 0. The summed E-state index contributed by atoms with van der Waals surface area (Å²) >= 11 is 1.53. The molecule has 0 fully saturated rings. The van der Waals surface area contributed by atoms with Crippen LogP contribution >= 0.6 is 11.3 Å². The first-order valence-corrected chi connectivity index (χ1v) is 3.06. The van der Waals surface area contributed by atoms with Crippen LogP contribution in [0.3, 0.4) is 0 Å². The fourth-order valence-electron chi connectivity index (χ4n) is 0.394. The first-order valence-electron chi connectivity index (χ1n) is 2.12.